The zero-order valence-electron chi connectivity index (χ0n) is 18.4. The minimum absolute atomic E-state index is 0.163. The first-order chi connectivity index (χ1) is 12.6. The highest BCUT2D eigenvalue weighted by atomic mass is 16.6. The molecule has 4 nitrogen and oxygen atoms in total. The fourth-order valence-corrected chi connectivity index (χ4v) is 2.78. The van der Waals surface area contributed by atoms with Crippen molar-refractivity contribution in [3.63, 3.8) is 0 Å². The monoisotopic (exact) mass is 377 g/mol. The second-order valence-electron chi connectivity index (χ2n) is 9.10. The van der Waals surface area contributed by atoms with Crippen LogP contribution in [-0.4, -0.2) is 43.0 Å². The molecule has 2 heterocycles. The number of carbonyl (C=O) groups is 1. The Labute approximate surface area is 166 Å². The van der Waals surface area contributed by atoms with Gasteiger partial charge in [0.2, 0.25) is 0 Å². The molecule has 1 fully saturated rings. The number of ether oxygens (including phenoxy) is 2. The normalized spacial score (nSPS) is 20.7. The maximum Gasteiger partial charge on any atom is 0.161 e. The third-order valence-corrected chi connectivity index (χ3v) is 4.24. The number of rotatable bonds is 2. The number of para-hydroxylation sites is 2. The molecule has 0 saturated carbocycles. The average Bonchev–Trinajstić information content (AvgIpc) is 2.56. The standard InChI is InChI=1S/C16H23NO2.C4H10.C3H6O/c1-16(2)7-9-17(10-8-16)11-13-12-18-14-5-3-4-6-15(14)19-13;1-4(2)3;1-3(2)4/h3-6,13H,7-12H2,1-2H3;4H,1-3H3;1-2H3. The van der Waals surface area contributed by atoms with Gasteiger partial charge >= 0.3 is 0 Å². The molecule has 1 atom stereocenters. The Bertz CT molecular complexity index is 552. The van der Waals surface area contributed by atoms with Gasteiger partial charge in [-0.1, -0.05) is 46.8 Å². The lowest BCUT2D eigenvalue weighted by Gasteiger charge is -2.39. The second-order valence-corrected chi connectivity index (χ2v) is 9.10. The molecule has 27 heavy (non-hydrogen) atoms. The lowest BCUT2D eigenvalue weighted by atomic mass is 9.82. The summed E-state index contributed by atoms with van der Waals surface area (Å²) in [6.07, 6.45) is 2.71. The van der Waals surface area contributed by atoms with E-state index in [9.17, 15) is 4.79 Å². The van der Waals surface area contributed by atoms with E-state index in [4.69, 9.17) is 9.47 Å². The SMILES string of the molecule is CC(C)=O.CC(C)C.CC1(C)CCN(CC2COc3ccccc3O2)CC1. The van der Waals surface area contributed by atoms with Crippen LogP contribution < -0.4 is 9.47 Å². The van der Waals surface area contributed by atoms with E-state index in [-0.39, 0.29) is 11.9 Å². The van der Waals surface area contributed by atoms with Gasteiger partial charge in [0.05, 0.1) is 0 Å². The molecule has 2 aliphatic rings. The van der Waals surface area contributed by atoms with E-state index in [1.807, 2.05) is 24.3 Å². The first-order valence-electron chi connectivity index (χ1n) is 10.2. The van der Waals surface area contributed by atoms with Gasteiger partial charge in [0, 0.05) is 6.54 Å². The number of ketones is 1. The van der Waals surface area contributed by atoms with E-state index in [1.165, 1.54) is 39.8 Å². The smallest absolute Gasteiger partial charge is 0.161 e. The number of hydrogen-bond donors (Lipinski definition) is 0. The molecule has 0 aliphatic carbocycles. The molecule has 1 unspecified atom stereocenters. The van der Waals surface area contributed by atoms with Gasteiger partial charge in [-0.25, -0.2) is 0 Å². The molecule has 4 heteroatoms. The van der Waals surface area contributed by atoms with Crippen LogP contribution in [0.1, 0.15) is 61.3 Å². The zero-order valence-corrected chi connectivity index (χ0v) is 18.4. The Morgan fingerprint density at radius 1 is 1.11 bits per heavy atom. The Hall–Kier alpha value is -1.55. The molecule has 2 aliphatic heterocycles. The molecule has 0 N–H and O–H groups in total. The Balaban J connectivity index is 0.000000390. The molecule has 0 radical (unpaired) electrons. The lowest BCUT2D eigenvalue weighted by Crippen LogP contribution is -2.45. The van der Waals surface area contributed by atoms with Crippen molar-refractivity contribution in [1.29, 1.82) is 0 Å². The molecular formula is C23H39NO3. The maximum absolute atomic E-state index is 9.44. The van der Waals surface area contributed by atoms with Crippen molar-refractivity contribution in [3.8, 4) is 11.5 Å². The van der Waals surface area contributed by atoms with Gasteiger partial charge in [0.1, 0.15) is 18.5 Å². The van der Waals surface area contributed by atoms with Gasteiger partial charge in [-0.2, -0.15) is 0 Å². The number of benzene rings is 1. The van der Waals surface area contributed by atoms with E-state index >= 15 is 0 Å². The van der Waals surface area contributed by atoms with Crippen LogP contribution >= 0.6 is 0 Å². The van der Waals surface area contributed by atoms with E-state index in [2.05, 4.69) is 39.5 Å². The van der Waals surface area contributed by atoms with Crippen LogP contribution in [0.4, 0.5) is 0 Å². The van der Waals surface area contributed by atoms with Gasteiger partial charge in [-0.15, -0.1) is 0 Å². The van der Waals surface area contributed by atoms with E-state index in [1.54, 1.807) is 0 Å². The minimum atomic E-state index is 0.163. The van der Waals surface area contributed by atoms with Gasteiger partial charge in [-0.05, 0) is 63.2 Å². The number of hydrogen-bond acceptors (Lipinski definition) is 4. The predicted molar refractivity (Wildman–Crippen MR) is 113 cm³/mol. The van der Waals surface area contributed by atoms with Crippen molar-refractivity contribution in [2.24, 2.45) is 11.3 Å². The van der Waals surface area contributed by atoms with Crippen LogP contribution in [0.25, 0.3) is 0 Å². The van der Waals surface area contributed by atoms with Crippen molar-refractivity contribution in [1.82, 2.24) is 4.90 Å². The summed E-state index contributed by atoms with van der Waals surface area (Å²) in [5.74, 6) is 2.76. The third kappa shape index (κ3) is 10.4. The lowest BCUT2D eigenvalue weighted by molar-refractivity contribution is -0.114. The van der Waals surface area contributed by atoms with Crippen LogP contribution in [0, 0.1) is 11.3 Å². The van der Waals surface area contributed by atoms with Gasteiger partial charge in [0.25, 0.3) is 0 Å². The number of Topliss-reactive ketones (excluding diaryl/α,β-unsaturated/α-hetero) is 1. The zero-order chi connectivity index (χ0) is 20.4. The fraction of sp³-hybridized carbons (Fsp3) is 0.696. The quantitative estimate of drug-likeness (QED) is 0.709. The number of carbonyl (C=O) groups excluding carboxylic acids is 1. The molecule has 0 amide bonds. The topological polar surface area (TPSA) is 38.8 Å². The molecule has 3 rings (SSSR count). The third-order valence-electron chi connectivity index (χ3n) is 4.24. The second kappa shape index (κ2) is 11.3. The van der Waals surface area contributed by atoms with Crippen LogP contribution in [0.15, 0.2) is 24.3 Å². The summed E-state index contributed by atoms with van der Waals surface area (Å²) >= 11 is 0. The highest BCUT2D eigenvalue weighted by molar-refractivity contribution is 5.72. The molecule has 0 bridgehead atoms. The van der Waals surface area contributed by atoms with Crippen molar-refractivity contribution in [2.75, 3.05) is 26.2 Å². The van der Waals surface area contributed by atoms with Gasteiger partial charge in [-0.3, -0.25) is 4.90 Å². The Kier molecular flexibility index (Phi) is 9.86. The Morgan fingerprint density at radius 2 is 1.59 bits per heavy atom. The van der Waals surface area contributed by atoms with E-state index in [0.29, 0.717) is 12.0 Å². The van der Waals surface area contributed by atoms with Gasteiger partial charge in [0.15, 0.2) is 11.5 Å². The molecule has 0 aromatic heterocycles. The molecule has 154 valence electrons. The summed E-state index contributed by atoms with van der Waals surface area (Å²) in [7, 11) is 0. The van der Waals surface area contributed by atoms with Crippen LogP contribution in [0.2, 0.25) is 0 Å². The summed E-state index contributed by atoms with van der Waals surface area (Å²) < 4.78 is 11.8. The fourth-order valence-electron chi connectivity index (χ4n) is 2.78. The van der Waals surface area contributed by atoms with Crippen molar-refractivity contribution in [3.05, 3.63) is 24.3 Å². The number of likely N-dealkylation sites (tertiary alicyclic amines) is 1. The predicted octanol–water partition coefficient (Wildman–Crippen LogP) is 5.21. The maximum atomic E-state index is 9.44. The molecule has 1 aromatic rings. The highest BCUT2D eigenvalue weighted by Crippen LogP contribution is 2.33. The highest BCUT2D eigenvalue weighted by Gasteiger charge is 2.28. The molecule has 1 saturated heterocycles. The Morgan fingerprint density at radius 3 is 2.11 bits per heavy atom. The first-order valence-corrected chi connectivity index (χ1v) is 10.2. The number of nitrogens with zero attached hydrogens (tertiary/aromatic N) is 1. The van der Waals surface area contributed by atoms with Crippen LogP contribution in [0.5, 0.6) is 11.5 Å². The minimum Gasteiger partial charge on any atom is -0.486 e. The van der Waals surface area contributed by atoms with Crippen molar-refractivity contribution < 1.29 is 14.3 Å². The van der Waals surface area contributed by atoms with Crippen LogP contribution in [0.3, 0.4) is 0 Å². The summed E-state index contributed by atoms with van der Waals surface area (Å²) in [5.41, 5.74) is 0.507. The first kappa shape index (κ1) is 23.5. The molecule has 1 aromatic carbocycles. The summed E-state index contributed by atoms with van der Waals surface area (Å²) in [5, 5.41) is 0. The largest absolute Gasteiger partial charge is 0.486 e. The van der Waals surface area contributed by atoms with E-state index in [0.717, 1.165) is 24.0 Å². The average molecular weight is 378 g/mol. The van der Waals surface area contributed by atoms with Crippen molar-refractivity contribution >= 4 is 5.78 Å². The molecule has 0 spiro atoms. The van der Waals surface area contributed by atoms with Crippen molar-refractivity contribution in [2.45, 2.75) is 67.4 Å². The van der Waals surface area contributed by atoms with E-state index < -0.39 is 0 Å². The van der Waals surface area contributed by atoms with Gasteiger partial charge < -0.3 is 14.3 Å². The number of fused-ring (bicyclic) bond motifs is 1. The molecular weight excluding hydrogens is 338 g/mol. The summed E-state index contributed by atoms with van der Waals surface area (Å²) in [6, 6.07) is 7.93. The van der Waals surface area contributed by atoms with Crippen LogP contribution in [-0.2, 0) is 4.79 Å². The number of piperidine rings is 1. The summed E-state index contributed by atoms with van der Waals surface area (Å²) in [6.45, 7) is 18.3. The summed E-state index contributed by atoms with van der Waals surface area (Å²) in [4.78, 5) is 12.0.